The van der Waals surface area contributed by atoms with Gasteiger partial charge in [-0.05, 0) is 62.3 Å². The van der Waals surface area contributed by atoms with Crippen LogP contribution in [0, 0.1) is 0 Å². The van der Waals surface area contributed by atoms with Crippen LogP contribution in [0.4, 0.5) is 11.4 Å². The molecular weight excluding hydrogens is 448 g/mol. The maximum absolute atomic E-state index is 13.3. The summed E-state index contributed by atoms with van der Waals surface area (Å²) in [5.74, 6) is -0.274. The van der Waals surface area contributed by atoms with Crippen molar-refractivity contribution in [1.82, 2.24) is 10.2 Å². The van der Waals surface area contributed by atoms with E-state index in [1.807, 2.05) is 68.7 Å². The maximum atomic E-state index is 13.3. The van der Waals surface area contributed by atoms with Crippen LogP contribution >= 0.6 is 0 Å². The molecule has 1 fully saturated rings. The van der Waals surface area contributed by atoms with E-state index in [0.29, 0.717) is 16.8 Å². The normalized spacial score (nSPS) is 16.6. The van der Waals surface area contributed by atoms with Gasteiger partial charge in [-0.1, -0.05) is 61.4 Å². The van der Waals surface area contributed by atoms with Crippen LogP contribution in [-0.4, -0.2) is 36.9 Å². The Morgan fingerprint density at radius 3 is 2.36 bits per heavy atom. The topological polar surface area (TPSA) is 73.5 Å². The minimum Gasteiger partial charge on any atom is -0.354 e. The zero-order chi connectivity index (χ0) is 25.1. The molecule has 3 N–H and O–H groups in total. The number of carbonyl (C=O) groups is 2. The predicted molar refractivity (Wildman–Crippen MR) is 146 cm³/mol. The predicted octanol–water partition coefficient (Wildman–Crippen LogP) is 5.35. The van der Waals surface area contributed by atoms with Crippen LogP contribution in [0.15, 0.2) is 72.8 Å². The van der Waals surface area contributed by atoms with E-state index in [1.54, 1.807) is 6.07 Å². The van der Waals surface area contributed by atoms with Gasteiger partial charge in [-0.25, -0.2) is 0 Å². The van der Waals surface area contributed by atoms with Gasteiger partial charge in [-0.3, -0.25) is 9.59 Å². The first kappa shape index (κ1) is 23.8. The van der Waals surface area contributed by atoms with Crippen molar-refractivity contribution in [3.8, 4) is 0 Å². The molecule has 0 saturated heterocycles. The Labute approximate surface area is 212 Å². The van der Waals surface area contributed by atoms with E-state index < -0.39 is 0 Å². The van der Waals surface area contributed by atoms with Gasteiger partial charge in [-0.2, -0.15) is 0 Å². The lowest BCUT2D eigenvalue weighted by Gasteiger charge is -2.16. The zero-order valence-corrected chi connectivity index (χ0v) is 20.8. The molecule has 0 spiro atoms. The summed E-state index contributed by atoms with van der Waals surface area (Å²) in [5.41, 5.74) is 6.33. The summed E-state index contributed by atoms with van der Waals surface area (Å²) in [5, 5.41) is 9.61. The number of fused-ring (bicyclic) bond motifs is 1. The SMILES string of the molecule is CN(C)Cc1ccc(N/C(=C2\C(=O)Nc3cc(C(=O)NC4CCCC4)ccc32)c2ccccc2)cc1. The highest BCUT2D eigenvalue weighted by Crippen LogP contribution is 2.38. The number of hydrogen-bond donors (Lipinski definition) is 3. The molecule has 6 nitrogen and oxygen atoms in total. The monoisotopic (exact) mass is 480 g/mol. The van der Waals surface area contributed by atoms with Gasteiger partial charge in [-0.15, -0.1) is 0 Å². The fourth-order valence-electron chi connectivity index (χ4n) is 4.99. The summed E-state index contributed by atoms with van der Waals surface area (Å²) in [4.78, 5) is 28.2. The smallest absolute Gasteiger partial charge is 0.258 e. The van der Waals surface area contributed by atoms with Crippen molar-refractivity contribution in [3.05, 3.63) is 95.1 Å². The Hall–Kier alpha value is -3.90. The second-order valence-electron chi connectivity index (χ2n) is 9.85. The van der Waals surface area contributed by atoms with E-state index in [-0.39, 0.29) is 17.9 Å². The number of carbonyl (C=O) groups excluding carboxylic acids is 2. The van der Waals surface area contributed by atoms with Gasteiger partial charge in [0.25, 0.3) is 11.8 Å². The van der Waals surface area contributed by atoms with Crippen molar-refractivity contribution in [2.75, 3.05) is 24.7 Å². The zero-order valence-electron chi connectivity index (χ0n) is 20.8. The first-order chi connectivity index (χ1) is 17.5. The quantitative estimate of drug-likeness (QED) is 0.399. The van der Waals surface area contributed by atoms with Gasteiger partial charge in [0.2, 0.25) is 0 Å². The highest BCUT2D eigenvalue weighted by Gasteiger charge is 2.29. The van der Waals surface area contributed by atoms with Crippen molar-refractivity contribution < 1.29 is 9.59 Å². The highest BCUT2D eigenvalue weighted by molar-refractivity contribution is 6.37. The fourth-order valence-corrected chi connectivity index (χ4v) is 4.99. The van der Waals surface area contributed by atoms with E-state index in [0.717, 1.165) is 54.7 Å². The summed E-state index contributed by atoms with van der Waals surface area (Å²) in [6, 6.07) is 23.8. The number of anilines is 2. The average Bonchev–Trinajstić information content (AvgIpc) is 3.50. The highest BCUT2D eigenvalue weighted by atomic mass is 16.2. The van der Waals surface area contributed by atoms with Crippen molar-refractivity contribution in [1.29, 1.82) is 0 Å². The van der Waals surface area contributed by atoms with Crippen LogP contribution in [0.1, 0.15) is 52.7 Å². The van der Waals surface area contributed by atoms with E-state index in [2.05, 4.69) is 33.0 Å². The molecule has 5 rings (SSSR count). The van der Waals surface area contributed by atoms with Gasteiger partial charge in [0, 0.05) is 35.1 Å². The molecule has 3 aromatic rings. The minimum atomic E-state index is -0.186. The Morgan fingerprint density at radius 1 is 0.944 bits per heavy atom. The molecule has 0 atom stereocenters. The first-order valence-corrected chi connectivity index (χ1v) is 12.5. The molecule has 0 bridgehead atoms. The molecule has 1 heterocycles. The second-order valence-corrected chi connectivity index (χ2v) is 9.85. The summed E-state index contributed by atoms with van der Waals surface area (Å²) < 4.78 is 0. The Balaban J connectivity index is 1.49. The van der Waals surface area contributed by atoms with Crippen molar-refractivity contribution in [3.63, 3.8) is 0 Å². The molecule has 1 saturated carbocycles. The molecule has 6 heteroatoms. The minimum absolute atomic E-state index is 0.0874. The van der Waals surface area contributed by atoms with E-state index >= 15 is 0 Å². The van der Waals surface area contributed by atoms with Gasteiger partial charge in [0.05, 0.1) is 11.3 Å². The largest absolute Gasteiger partial charge is 0.354 e. The molecule has 184 valence electrons. The van der Waals surface area contributed by atoms with Crippen molar-refractivity contribution in [2.24, 2.45) is 0 Å². The van der Waals surface area contributed by atoms with Crippen LogP contribution in [0.5, 0.6) is 0 Å². The average molecular weight is 481 g/mol. The molecule has 2 aliphatic rings. The molecule has 1 aliphatic carbocycles. The molecular formula is C30H32N4O2. The first-order valence-electron chi connectivity index (χ1n) is 12.5. The number of nitrogens with zero attached hydrogens (tertiary/aromatic N) is 1. The van der Waals surface area contributed by atoms with Gasteiger partial charge in [0.15, 0.2) is 0 Å². The summed E-state index contributed by atoms with van der Waals surface area (Å²) in [6.07, 6.45) is 4.38. The maximum Gasteiger partial charge on any atom is 0.258 e. The third-order valence-corrected chi connectivity index (χ3v) is 6.75. The lowest BCUT2D eigenvalue weighted by molar-refractivity contribution is -0.110. The Bertz CT molecular complexity index is 1290. The summed E-state index contributed by atoms with van der Waals surface area (Å²) in [7, 11) is 4.09. The molecule has 0 aromatic heterocycles. The molecule has 36 heavy (non-hydrogen) atoms. The molecule has 3 aromatic carbocycles. The van der Waals surface area contributed by atoms with Crippen LogP contribution < -0.4 is 16.0 Å². The summed E-state index contributed by atoms with van der Waals surface area (Å²) >= 11 is 0. The Morgan fingerprint density at radius 2 is 1.67 bits per heavy atom. The van der Waals surface area contributed by atoms with Crippen LogP contribution in [0.2, 0.25) is 0 Å². The molecule has 1 aliphatic heterocycles. The molecule has 2 amide bonds. The summed E-state index contributed by atoms with van der Waals surface area (Å²) in [6.45, 7) is 0.860. The molecule has 0 radical (unpaired) electrons. The second kappa shape index (κ2) is 10.4. The van der Waals surface area contributed by atoms with Gasteiger partial charge >= 0.3 is 0 Å². The Kier molecular flexibility index (Phi) is 6.87. The number of hydrogen-bond acceptors (Lipinski definition) is 4. The van der Waals surface area contributed by atoms with Crippen molar-refractivity contribution in [2.45, 2.75) is 38.3 Å². The van der Waals surface area contributed by atoms with Crippen molar-refractivity contribution >= 4 is 34.5 Å². The standard InChI is InChI=1S/C30H32N4O2/c1-34(2)19-20-12-15-24(16-13-20)31-28(21-8-4-3-5-9-21)27-25-17-14-22(18-26(25)33-30(27)36)29(35)32-23-10-6-7-11-23/h3-5,8-9,12-18,23,31H,6-7,10-11,19H2,1-2H3,(H,32,35)(H,33,36)/b28-27-. The van der Waals surface area contributed by atoms with Crippen LogP contribution in [0.3, 0.4) is 0 Å². The van der Waals surface area contributed by atoms with E-state index in [9.17, 15) is 9.59 Å². The number of nitrogens with one attached hydrogen (secondary N) is 3. The van der Waals surface area contributed by atoms with Gasteiger partial charge < -0.3 is 20.9 Å². The lowest BCUT2D eigenvalue weighted by Crippen LogP contribution is -2.32. The fraction of sp³-hybridized carbons (Fsp3) is 0.267. The number of rotatable bonds is 7. The number of benzene rings is 3. The van der Waals surface area contributed by atoms with Gasteiger partial charge in [0.1, 0.15) is 0 Å². The van der Waals surface area contributed by atoms with E-state index in [4.69, 9.17) is 0 Å². The lowest BCUT2D eigenvalue weighted by atomic mass is 9.98. The number of amides is 2. The van der Waals surface area contributed by atoms with E-state index in [1.165, 1.54) is 5.56 Å². The third kappa shape index (κ3) is 5.19. The van der Waals surface area contributed by atoms with Crippen LogP contribution in [0.25, 0.3) is 11.3 Å². The molecule has 0 unspecified atom stereocenters. The van der Waals surface area contributed by atoms with Crippen LogP contribution in [-0.2, 0) is 11.3 Å². The third-order valence-electron chi connectivity index (χ3n) is 6.75.